The minimum atomic E-state index is -1.06. The predicted molar refractivity (Wildman–Crippen MR) is 154 cm³/mol. The number of halogens is 2. The number of hydrogen-bond donors (Lipinski definition) is 3. The molecule has 2 saturated heterocycles. The van der Waals surface area contributed by atoms with Crippen LogP contribution in [0.1, 0.15) is 43.8 Å². The second kappa shape index (κ2) is 12.1. The monoisotopic (exact) mass is 618 g/mol. The maximum absolute atomic E-state index is 14.6. The quantitative estimate of drug-likeness (QED) is 0.362. The number of esters is 1. The van der Waals surface area contributed by atoms with Crippen molar-refractivity contribution in [2.24, 2.45) is 10.4 Å². The molecule has 0 radical (unpaired) electrons. The van der Waals surface area contributed by atoms with Crippen LogP contribution in [0.4, 0.5) is 4.39 Å². The van der Waals surface area contributed by atoms with Gasteiger partial charge in [0.25, 0.3) is 0 Å². The third-order valence-electron chi connectivity index (χ3n) is 7.65. The Morgan fingerprint density at radius 1 is 1.31 bits per heavy atom. The molecule has 1 unspecified atom stereocenters. The van der Waals surface area contributed by atoms with Crippen molar-refractivity contribution in [3.63, 3.8) is 0 Å². The molecule has 0 spiro atoms. The highest BCUT2D eigenvalue weighted by molar-refractivity contribution is 7.11. The fraction of sp³-hybridized carbons (Fsp3) is 0.464. The smallest absolute Gasteiger partial charge is 0.338 e. The molecule has 2 fully saturated rings. The number of benzene rings is 1. The van der Waals surface area contributed by atoms with Crippen molar-refractivity contribution >= 4 is 46.6 Å². The first-order valence-corrected chi connectivity index (χ1v) is 14.9. The van der Waals surface area contributed by atoms with Crippen molar-refractivity contribution in [3.8, 4) is 0 Å². The predicted octanol–water partition coefficient (Wildman–Crippen LogP) is 2.79. The van der Waals surface area contributed by atoms with E-state index in [-0.39, 0.29) is 42.2 Å². The number of thiazole rings is 1. The molecule has 224 valence electrons. The number of carboxylic acids is 1. The number of hydrogen-bond acceptors (Lipinski definition) is 10. The van der Waals surface area contributed by atoms with Crippen LogP contribution in [-0.2, 0) is 19.1 Å². The summed E-state index contributed by atoms with van der Waals surface area (Å²) in [6.07, 6.45) is 1.48. The summed E-state index contributed by atoms with van der Waals surface area (Å²) in [5.41, 5.74) is -0.0142. The van der Waals surface area contributed by atoms with Gasteiger partial charge in [0.1, 0.15) is 11.9 Å². The number of carbonyl (C=O) groups is 3. The summed E-state index contributed by atoms with van der Waals surface area (Å²) in [7, 11) is 0. The van der Waals surface area contributed by atoms with Crippen molar-refractivity contribution < 1.29 is 28.6 Å². The van der Waals surface area contributed by atoms with Crippen LogP contribution in [0.15, 0.2) is 46.0 Å². The molecule has 0 saturated carbocycles. The Balaban J connectivity index is 1.45. The topological polar surface area (TPSA) is 136 Å². The number of nitrogens with zero attached hydrogens (tertiary/aromatic N) is 4. The molecule has 1 aromatic heterocycles. The van der Waals surface area contributed by atoms with Crippen LogP contribution in [0.5, 0.6) is 0 Å². The van der Waals surface area contributed by atoms with Crippen molar-refractivity contribution in [3.05, 3.63) is 62.5 Å². The molecule has 0 bridgehead atoms. The normalized spacial score (nSPS) is 23.0. The highest BCUT2D eigenvalue weighted by Crippen LogP contribution is 2.38. The molecule has 3 atom stereocenters. The molecule has 2 aromatic rings. The summed E-state index contributed by atoms with van der Waals surface area (Å²) in [6.45, 7) is 6.68. The molecule has 0 aliphatic carbocycles. The van der Waals surface area contributed by atoms with Crippen molar-refractivity contribution in [2.45, 2.75) is 45.4 Å². The van der Waals surface area contributed by atoms with Crippen LogP contribution in [0.25, 0.3) is 0 Å². The van der Waals surface area contributed by atoms with Crippen LogP contribution in [0.2, 0.25) is 5.02 Å². The highest BCUT2D eigenvalue weighted by atomic mass is 35.5. The van der Waals surface area contributed by atoms with Gasteiger partial charge in [-0.25, -0.2) is 14.2 Å². The van der Waals surface area contributed by atoms with Gasteiger partial charge in [0.05, 0.1) is 34.8 Å². The number of carboxylic acid groups (broad SMARTS) is 1. The van der Waals surface area contributed by atoms with Gasteiger partial charge < -0.3 is 20.1 Å². The summed E-state index contributed by atoms with van der Waals surface area (Å²) in [5.74, 6) is -1.89. The van der Waals surface area contributed by atoms with Gasteiger partial charge in [0, 0.05) is 49.0 Å². The lowest BCUT2D eigenvalue weighted by molar-refractivity contribution is -0.148. The minimum absolute atomic E-state index is 0.116. The molecule has 3 aliphatic heterocycles. The second-order valence-electron chi connectivity index (χ2n) is 11.0. The lowest BCUT2D eigenvalue weighted by atomic mass is 9.86. The zero-order valence-corrected chi connectivity index (χ0v) is 25.0. The Labute approximate surface area is 251 Å². The van der Waals surface area contributed by atoms with E-state index >= 15 is 0 Å². The van der Waals surface area contributed by atoms with Crippen LogP contribution in [0, 0.1) is 11.2 Å². The number of nitrogens with one attached hydrogen (secondary N) is 2. The van der Waals surface area contributed by atoms with Crippen molar-refractivity contribution in [2.75, 3.05) is 32.8 Å². The van der Waals surface area contributed by atoms with Gasteiger partial charge >= 0.3 is 11.9 Å². The fourth-order valence-corrected chi connectivity index (χ4v) is 6.25. The van der Waals surface area contributed by atoms with Gasteiger partial charge in [0.15, 0.2) is 10.8 Å². The first-order valence-electron chi connectivity index (χ1n) is 13.6. The third-order valence-corrected chi connectivity index (χ3v) is 8.83. The number of aliphatic imine (C=N–C) groups is 1. The van der Waals surface area contributed by atoms with E-state index in [2.05, 4.69) is 20.5 Å². The first-order chi connectivity index (χ1) is 20.0. The van der Waals surface area contributed by atoms with Gasteiger partial charge in [-0.3, -0.25) is 24.8 Å². The molecule has 14 heteroatoms. The van der Waals surface area contributed by atoms with Crippen molar-refractivity contribution in [1.82, 2.24) is 25.4 Å². The van der Waals surface area contributed by atoms with Crippen LogP contribution >= 0.6 is 22.9 Å². The van der Waals surface area contributed by atoms with Gasteiger partial charge in [-0.1, -0.05) is 23.7 Å². The first kappa shape index (κ1) is 30.1. The molecular formula is C28H32ClFN6O5S. The maximum atomic E-state index is 14.6. The van der Waals surface area contributed by atoms with E-state index in [1.807, 2.05) is 0 Å². The molecule has 1 amide bonds. The Bertz CT molecular complexity index is 1450. The zero-order valence-electron chi connectivity index (χ0n) is 23.4. The zero-order chi connectivity index (χ0) is 30.2. The molecule has 1 aromatic carbocycles. The largest absolute Gasteiger partial charge is 0.481 e. The van der Waals surface area contributed by atoms with E-state index < -0.39 is 35.3 Å². The van der Waals surface area contributed by atoms with E-state index in [0.717, 1.165) is 0 Å². The molecule has 3 aliphatic rings. The van der Waals surface area contributed by atoms with E-state index in [1.165, 1.54) is 23.5 Å². The Morgan fingerprint density at radius 3 is 2.79 bits per heavy atom. The maximum Gasteiger partial charge on any atom is 0.338 e. The molecule has 5 rings (SSSR count). The third kappa shape index (κ3) is 5.91. The lowest BCUT2D eigenvalue weighted by Gasteiger charge is -2.38. The molecule has 11 nitrogen and oxygen atoms in total. The number of fused-ring (bicyclic) bond motifs is 1. The highest BCUT2D eigenvalue weighted by Gasteiger charge is 2.45. The van der Waals surface area contributed by atoms with E-state index in [1.54, 1.807) is 43.3 Å². The van der Waals surface area contributed by atoms with E-state index in [0.29, 0.717) is 41.7 Å². The number of carbonyl (C=O) groups excluding carboxylic acids is 2. The SMILES string of the molecule is CCOC(=O)C1=C(CN2CCN3C(=O)C(CC(C)(C)C(=O)O)N[C@@H]3C2)NC(c2nccs2)=N[C@H]1c1cccc(F)c1Cl. The summed E-state index contributed by atoms with van der Waals surface area (Å²) in [4.78, 5) is 51.1. The van der Waals surface area contributed by atoms with Gasteiger partial charge in [-0.05, 0) is 33.3 Å². The number of aliphatic carboxylic acids is 1. The standard InChI is InChI=1S/C28H32ClFN6O5S/c1-4-41-26(38)20-18(13-35-9-10-36-19(14-35)32-17(25(36)37)12-28(2,3)27(39)40)33-23(24-31-8-11-42-24)34-22(20)15-6-5-7-16(30)21(15)29/h5-8,11,17,19,22,32H,4,9-10,12-14H2,1-3H3,(H,33,34)(H,39,40)/t17?,19-,22-/m0/s1. The number of aromatic nitrogens is 1. The van der Waals surface area contributed by atoms with E-state index in [9.17, 15) is 23.9 Å². The van der Waals surface area contributed by atoms with Crippen LogP contribution < -0.4 is 10.6 Å². The Hall–Kier alpha value is -3.39. The van der Waals surface area contributed by atoms with E-state index in [4.69, 9.17) is 21.3 Å². The second-order valence-corrected chi connectivity index (χ2v) is 12.3. The summed E-state index contributed by atoms with van der Waals surface area (Å²) < 4.78 is 20.0. The average molecular weight is 619 g/mol. The lowest BCUT2D eigenvalue weighted by Crippen LogP contribution is -2.55. The molecular weight excluding hydrogens is 587 g/mol. The van der Waals surface area contributed by atoms with Gasteiger partial charge in [-0.15, -0.1) is 11.3 Å². The number of amides is 1. The average Bonchev–Trinajstić information content (AvgIpc) is 3.58. The number of piperazine rings is 1. The number of rotatable bonds is 9. The Morgan fingerprint density at radius 2 is 2.10 bits per heavy atom. The Kier molecular flexibility index (Phi) is 8.65. The van der Waals surface area contributed by atoms with Gasteiger partial charge in [0.2, 0.25) is 5.91 Å². The van der Waals surface area contributed by atoms with Crippen molar-refractivity contribution in [1.29, 1.82) is 0 Å². The van der Waals surface area contributed by atoms with Crippen LogP contribution in [0.3, 0.4) is 0 Å². The fourth-order valence-electron chi connectivity index (χ4n) is 5.44. The number of amidine groups is 1. The molecule has 42 heavy (non-hydrogen) atoms. The van der Waals surface area contributed by atoms with Crippen LogP contribution in [-0.4, -0.2) is 88.6 Å². The molecule has 4 heterocycles. The summed E-state index contributed by atoms with van der Waals surface area (Å²) >= 11 is 7.76. The molecule has 3 N–H and O–H groups in total. The summed E-state index contributed by atoms with van der Waals surface area (Å²) in [6, 6.07) is 2.84. The minimum Gasteiger partial charge on any atom is -0.481 e. The number of ether oxygens (including phenoxy) is 1. The van der Waals surface area contributed by atoms with Gasteiger partial charge in [-0.2, -0.15) is 0 Å². The summed E-state index contributed by atoms with van der Waals surface area (Å²) in [5, 5.41) is 18.4.